The van der Waals surface area contributed by atoms with Crippen LogP contribution >= 0.6 is 0 Å². The molecule has 3 aromatic carbocycles. The maximum Gasteiger partial charge on any atom is 0.242 e. The molecule has 2 unspecified atom stereocenters. The van der Waals surface area contributed by atoms with Crippen molar-refractivity contribution in [1.29, 1.82) is 0 Å². The Kier molecular flexibility index (Phi) is 6.30. The van der Waals surface area contributed by atoms with Crippen LogP contribution in [0.4, 0.5) is 8.78 Å². The molecule has 5 rings (SSSR count). The third kappa shape index (κ3) is 5.24. The monoisotopic (exact) mass is 546 g/mol. The van der Waals surface area contributed by atoms with E-state index in [1.54, 1.807) is 48.5 Å². The summed E-state index contributed by atoms with van der Waals surface area (Å²) < 4.78 is 82.4. The van der Waals surface area contributed by atoms with E-state index >= 15 is 0 Å². The zero-order chi connectivity index (χ0) is 26.4. The second-order valence-electron chi connectivity index (χ2n) is 8.63. The van der Waals surface area contributed by atoms with E-state index in [-0.39, 0.29) is 18.7 Å². The lowest BCUT2D eigenvalue weighted by Crippen LogP contribution is -2.31. The smallest absolute Gasteiger partial charge is 0.242 e. The van der Waals surface area contributed by atoms with Gasteiger partial charge in [0.05, 0.1) is 28.4 Å². The molecule has 1 amide bonds. The maximum absolute atomic E-state index is 13.7. The van der Waals surface area contributed by atoms with Crippen molar-refractivity contribution in [2.24, 2.45) is 0 Å². The van der Waals surface area contributed by atoms with E-state index in [0.717, 1.165) is 0 Å². The Bertz CT molecular complexity index is 1670. The minimum atomic E-state index is -4.37. The summed E-state index contributed by atoms with van der Waals surface area (Å²) in [5.74, 6) is -2.38. The van der Waals surface area contributed by atoms with Crippen molar-refractivity contribution >= 4 is 37.0 Å². The average molecular weight is 547 g/mol. The number of H-pyrrole nitrogens is 1. The van der Waals surface area contributed by atoms with Crippen molar-refractivity contribution in [3.63, 3.8) is 0 Å². The number of benzene rings is 3. The van der Waals surface area contributed by atoms with E-state index in [2.05, 4.69) is 14.7 Å². The van der Waals surface area contributed by atoms with Crippen molar-refractivity contribution in [3.8, 4) is 0 Å². The summed E-state index contributed by atoms with van der Waals surface area (Å²) in [5, 5.41) is -1.01. The molecule has 0 aliphatic carbocycles. The number of halogens is 2. The van der Waals surface area contributed by atoms with Gasteiger partial charge in [-0.05, 0) is 41.8 Å². The predicted molar refractivity (Wildman–Crippen MR) is 130 cm³/mol. The van der Waals surface area contributed by atoms with Gasteiger partial charge in [-0.2, -0.15) is 0 Å². The molecule has 1 aromatic heterocycles. The average Bonchev–Trinajstić information content (AvgIpc) is 3.38. The maximum atomic E-state index is 13.7. The zero-order valence-electron chi connectivity index (χ0n) is 19.0. The Hall–Kier alpha value is -3.68. The standard InChI is InChI=1S/C24H20F2N4O5S2/c25-16-10-17(26)12-18(11-16)36(32,33)29-21(24-27-19-3-1-2-4-20(19)28-24)9-14-5-7-15(8-6-14)22-13-23(31)30-37(22,34)35/h1-8,10-12,21-22,29H,9,13H2,(H,27,28)(H,30,31). The van der Waals surface area contributed by atoms with E-state index in [1.807, 2.05) is 4.72 Å². The number of para-hydroxylation sites is 2. The second kappa shape index (κ2) is 9.32. The Morgan fingerprint density at radius 2 is 1.70 bits per heavy atom. The minimum Gasteiger partial charge on any atom is -0.341 e. The van der Waals surface area contributed by atoms with Gasteiger partial charge in [-0.1, -0.05) is 36.4 Å². The van der Waals surface area contributed by atoms with E-state index < -0.39 is 53.8 Å². The van der Waals surface area contributed by atoms with Crippen LogP contribution in [0.15, 0.2) is 71.6 Å². The molecule has 1 saturated heterocycles. The van der Waals surface area contributed by atoms with E-state index in [9.17, 15) is 30.4 Å². The summed E-state index contributed by atoms with van der Waals surface area (Å²) in [6.07, 6.45) is -0.112. The lowest BCUT2D eigenvalue weighted by atomic mass is 10.0. The number of rotatable bonds is 7. The van der Waals surface area contributed by atoms with Crippen molar-refractivity contribution in [2.45, 2.75) is 29.0 Å². The molecule has 0 radical (unpaired) electrons. The second-order valence-corrected chi connectivity index (χ2v) is 12.2. The Balaban J connectivity index is 1.47. The molecular formula is C24H20F2N4O5S2. The third-order valence-electron chi connectivity index (χ3n) is 5.97. The van der Waals surface area contributed by atoms with Gasteiger partial charge in [0.2, 0.25) is 26.0 Å². The Morgan fingerprint density at radius 3 is 2.32 bits per heavy atom. The first-order valence-corrected chi connectivity index (χ1v) is 14.1. The summed E-state index contributed by atoms with van der Waals surface area (Å²) >= 11 is 0. The van der Waals surface area contributed by atoms with Crippen LogP contribution in [0.5, 0.6) is 0 Å². The fourth-order valence-corrected chi connectivity index (χ4v) is 6.89. The van der Waals surface area contributed by atoms with Crippen LogP contribution < -0.4 is 9.44 Å². The summed E-state index contributed by atoms with van der Waals surface area (Å²) in [7, 11) is -8.18. The highest BCUT2D eigenvalue weighted by Gasteiger charge is 2.37. The fraction of sp³-hybridized carbons (Fsp3) is 0.167. The van der Waals surface area contributed by atoms with Gasteiger partial charge < -0.3 is 4.98 Å². The highest BCUT2D eigenvalue weighted by molar-refractivity contribution is 7.90. The largest absolute Gasteiger partial charge is 0.341 e. The number of fused-ring (bicyclic) bond motifs is 1. The molecule has 4 aromatic rings. The topological polar surface area (TPSA) is 138 Å². The summed E-state index contributed by atoms with van der Waals surface area (Å²) in [6, 6.07) is 14.5. The summed E-state index contributed by atoms with van der Waals surface area (Å²) in [5.41, 5.74) is 2.30. The van der Waals surface area contributed by atoms with Gasteiger partial charge in [-0.25, -0.2) is 35.3 Å². The Morgan fingerprint density at radius 1 is 1.03 bits per heavy atom. The predicted octanol–water partition coefficient (Wildman–Crippen LogP) is 2.99. The molecule has 1 fully saturated rings. The summed E-state index contributed by atoms with van der Waals surface area (Å²) in [6.45, 7) is 0. The first kappa shape index (κ1) is 25.0. The van der Waals surface area contributed by atoms with Gasteiger partial charge in [-0.15, -0.1) is 0 Å². The number of nitrogens with zero attached hydrogens (tertiary/aromatic N) is 1. The number of aromatic amines is 1. The van der Waals surface area contributed by atoms with Gasteiger partial charge in [0, 0.05) is 6.07 Å². The molecular weight excluding hydrogens is 526 g/mol. The normalized spacial score (nSPS) is 18.1. The number of carbonyl (C=O) groups excluding carboxylic acids is 1. The Labute approximate surface area is 211 Å². The van der Waals surface area contributed by atoms with E-state index in [0.29, 0.717) is 40.4 Å². The van der Waals surface area contributed by atoms with E-state index in [4.69, 9.17) is 0 Å². The van der Waals surface area contributed by atoms with Crippen LogP contribution in [0, 0.1) is 11.6 Å². The number of aromatic nitrogens is 2. The summed E-state index contributed by atoms with van der Waals surface area (Å²) in [4.78, 5) is 18.5. The molecule has 13 heteroatoms. The molecule has 3 N–H and O–H groups in total. The number of hydrogen-bond donors (Lipinski definition) is 3. The van der Waals surface area contributed by atoms with Crippen LogP contribution in [0.1, 0.15) is 34.7 Å². The highest BCUT2D eigenvalue weighted by atomic mass is 32.2. The van der Waals surface area contributed by atoms with Crippen LogP contribution in [0.25, 0.3) is 11.0 Å². The highest BCUT2D eigenvalue weighted by Crippen LogP contribution is 2.31. The van der Waals surface area contributed by atoms with Crippen LogP contribution in [-0.4, -0.2) is 32.7 Å². The molecule has 1 aliphatic heterocycles. The van der Waals surface area contributed by atoms with Gasteiger partial charge in [0.25, 0.3) is 0 Å². The molecule has 192 valence electrons. The molecule has 9 nitrogen and oxygen atoms in total. The number of sulfonamides is 2. The third-order valence-corrected chi connectivity index (χ3v) is 9.13. The van der Waals surface area contributed by atoms with Gasteiger partial charge >= 0.3 is 0 Å². The van der Waals surface area contributed by atoms with Crippen LogP contribution in [0.3, 0.4) is 0 Å². The van der Waals surface area contributed by atoms with Crippen molar-refractivity contribution in [2.75, 3.05) is 0 Å². The molecule has 1 aliphatic rings. The van der Waals surface area contributed by atoms with Gasteiger partial charge in [-0.3, -0.25) is 9.52 Å². The SMILES string of the molecule is O=C1CC(c2ccc(CC(NS(=O)(=O)c3cc(F)cc(F)c3)c3nc4ccccc4[nH]3)cc2)S(=O)(=O)N1. The molecule has 2 atom stereocenters. The number of nitrogens with one attached hydrogen (secondary N) is 3. The van der Waals surface area contributed by atoms with Crippen molar-refractivity contribution < 1.29 is 30.4 Å². The molecule has 0 spiro atoms. The lowest BCUT2D eigenvalue weighted by Gasteiger charge is -2.18. The number of amides is 1. The van der Waals surface area contributed by atoms with Gasteiger partial charge in [0.1, 0.15) is 22.7 Å². The molecule has 0 bridgehead atoms. The number of carbonyl (C=O) groups is 1. The zero-order valence-corrected chi connectivity index (χ0v) is 20.6. The quantitative estimate of drug-likeness (QED) is 0.326. The lowest BCUT2D eigenvalue weighted by molar-refractivity contribution is -0.118. The first-order valence-electron chi connectivity index (χ1n) is 11.1. The van der Waals surface area contributed by atoms with Crippen LogP contribution in [-0.2, 0) is 31.3 Å². The first-order chi connectivity index (χ1) is 17.5. The van der Waals surface area contributed by atoms with Crippen LogP contribution in [0.2, 0.25) is 0 Å². The fourth-order valence-electron chi connectivity index (χ4n) is 4.22. The number of hydrogen-bond acceptors (Lipinski definition) is 6. The van der Waals surface area contributed by atoms with Crippen molar-refractivity contribution in [3.05, 3.63) is 95.3 Å². The minimum absolute atomic E-state index is 0.0751. The van der Waals surface area contributed by atoms with Gasteiger partial charge in [0.15, 0.2) is 0 Å². The molecule has 37 heavy (non-hydrogen) atoms. The number of imidazole rings is 1. The van der Waals surface area contributed by atoms with Crippen molar-refractivity contribution in [1.82, 2.24) is 19.4 Å². The molecule has 0 saturated carbocycles. The molecule has 2 heterocycles. The van der Waals surface area contributed by atoms with E-state index in [1.165, 1.54) is 0 Å².